The van der Waals surface area contributed by atoms with Crippen LogP contribution in [-0.4, -0.2) is 19.1 Å². The first-order chi connectivity index (χ1) is 9.70. The fourth-order valence-electron chi connectivity index (χ4n) is 2.62. The molecule has 0 bridgehead atoms. The van der Waals surface area contributed by atoms with Crippen LogP contribution in [0.5, 0.6) is 5.75 Å². The molecular formula is C16H24N2O2. The number of rotatable bonds is 5. The van der Waals surface area contributed by atoms with Gasteiger partial charge in [-0.25, -0.2) is 0 Å². The molecule has 0 saturated heterocycles. The number of carbonyl (C=O) groups is 1. The molecule has 2 rings (SSSR count). The average Bonchev–Trinajstić information content (AvgIpc) is 2.47. The fraction of sp³-hybridized carbons (Fsp3) is 0.562. The molecule has 1 amide bonds. The first kappa shape index (κ1) is 14.9. The van der Waals surface area contributed by atoms with E-state index in [1.807, 2.05) is 24.3 Å². The highest BCUT2D eigenvalue weighted by atomic mass is 16.5. The molecule has 0 aromatic heterocycles. The Balaban J connectivity index is 1.96. The predicted molar refractivity (Wildman–Crippen MR) is 80.7 cm³/mol. The van der Waals surface area contributed by atoms with Crippen LogP contribution in [0.25, 0.3) is 0 Å². The van der Waals surface area contributed by atoms with Gasteiger partial charge in [-0.05, 0) is 43.7 Å². The molecule has 1 saturated carbocycles. The Kier molecular flexibility index (Phi) is 5.41. The highest BCUT2D eigenvalue weighted by Gasteiger charge is 2.24. The minimum atomic E-state index is 0.112. The summed E-state index contributed by atoms with van der Waals surface area (Å²) in [6.45, 7) is 3.17. The largest absolute Gasteiger partial charge is 0.490 e. The topological polar surface area (TPSA) is 64.3 Å². The van der Waals surface area contributed by atoms with Gasteiger partial charge in [0.15, 0.2) is 0 Å². The van der Waals surface area contributed by atoms with Crippen molar-refractivity contribution >= 4 is 11.6 Å². The van der Waals surface area contributed by atoms with Gasteiger partial charge in [-0.3, -0.25) is 4.79 Å². The van der Waals surface area contributed by atoms with Crippen molar-refractivity contribution in [3.05, 3.63) is 24.3 Å². The van der Waals surface area contributed by atoms with Gasteiger partial charge in [0.25, 0.3) is 0 Å². The summed E-state index contributed by atoms with van der Waals surface area (Å²) in [5.41, 5.74) is 6.19. The molecular weight excluding hydrogens is 252 g/mol. The quantitative estimate of drug-likeness (QED) is 0.869. The van der Waals surface area contributed by atoms with E-state index in [4.69, 9.17) is 10.5 Å². The van der Waals surface area contributed by atoms with Crippen LogP contribution in [-0.2, 0) is 4.79 Å². The monoisotopic (exact) mass is 276 g/mol. The van der Waals surface area contributed by atoms with Crippen LogP contribution in [0.4, 0.5) is 5.69 Å². The first-order valence-corrected chi connectivity index (χ1v) is 7.43. The molecule has 4 nitrogen and oxygen atoms in total. The van der Waals surface area contributed by atoms with Crippen LogP contribution in [0, 0.1) is 11.8 Å². The van der Waals surface area contributed by atoms with Gasteiger partial charge < -0.3 is 15.8 Å². The highest BCUT2D eigenvalue weighted by Crippen LogP contribution is 2.30. The van der Waals surface area contributed by atoms with Crippen molar-refractivity contribution in [1.82, 2.24) is 0 Å². The van der Waals surface area contributed by atoms with Gasteiger partial charge in [0.1, 0.15) is 12.4 Å². The summed E-state index contributed by atoms with van der Waals surface area (Å²) < 4.78 is 5.55. The maximum Gasteiger partial charge on any atom is 0.227 e. The van der Waals surface area contributed by atoms with Crippen LogP contribution >= 0.6 is 0 Å². The van der Waals surface area contributed by atoms with Gasteiger partial charge in [0, 0.05) is 12.5 Å². The standard InChI is InChI=1S/C16H24N2O2/c1-12-6-8-13(9-7-12)16(19)18-14-4-2-3-5-15(14)20-11-10-17/h2-5,12-13H,6-11,17H2,1H3,(H,18,19). The summed E-state index contributed by atoms with van der Waals surface area (Å²) >= 11 is 0. The second-order valence-corrected chi connectivity index (χ2v) is 5.58. The molecule has 3 N–H and O–H groups in total. The third-order valence-corrected chi connectivity index (χ3v) is 3.91. The van der Waals surface area contributed by atoms with E-state index < -0.39 is 0 Å². The summed E-state index contributed by atoms with van der Waals surface area (Å²) in [4.78, 5) is 12.3. The van der Waals surface area contributed by atoms with Crippen molar-refractivity contribution < 1.29 is 9.53 Å². The third kappa shape index (κ3) is 3.97. The van der Waals surface area contributed by atoms with E-state index in [-0.39, 0.29) is 11.8 Å². The summed E-state index contributed by atoms with van der Waals surface area (Å²) in [6, 6.07) is 7.51. The molecule has 110 valence electrons. The summed E-state index contributed by atoms with van der Waals surface area (Å²) in [5, 5.41) is 3.00. The number of benzene rings is 1. The molecule has 0 atom stereocenters. The minimum Gasteiger partial charge on any atom is -0.490 e. The van der Waals surface area contributed by atoms with E-state index in [1.165, 1.54) is 0 Å². The Bertz CT molecular complexity index is 440. The third-order valence-electron chi connectivity index (χ3n) is 3.91. The van der Waals surface area contributed by atoms with Crippen molar-refractivity contribution in [3.8, 4) is 5.75 Å². The summed E-state index contributed by atoms with van der Waals surface area (Å²) in [5.74, 6) is 1.68. The number of anilines is 1. The Morgan fingerprint density at radius 1 is 1.30 bits per heavy atom. The number of hydrogen-bond acceptors (Lipinski definition) is 3. The van der Waals surface area contributed by atoms with Gasteiger partial charge in [-0.2, -0.15) is 0 Å². The number of carbonyl (C=O) groups excluding carboxylic acids is 1. The molecule has 0 heterocycles. The lowest BCUT2D eigenvalue weighted by molar-refractivity contribution is -0.121. The van der Waals surface area contributed by atoms with E-state index in [1.54, 1.807) is 0 Å². The lowest BCUT2D eigenvalue weighted by Gasteiger charge is -2.25. The molecule has 20 heavy (non-hydrogen) atoms. The number of nitrogens with two attached hydrogens (primary N) is 1. The SMILES string of the molecule is CC1CCC(C(=O)Nc2ccccc2OCCN)CC1. The maximum absolute atomic E-state index is 12.3. The van der Waals surface area contributed by atoms with Crippen molar-refractivity contribution in [3.63, 3.8) is 0 Å². The molecule has 0 aliphatic heterocycles. The molecule has 0 radical (unpaired) electrons. The number of para-hydroxylation sites is 2. The molecule has 1 aliphatic carbocycles. The molecule has 1 aromatic carbocycles. The fourth-order valence-corrected chi connectivity index (χ4v) is 2.62. The van der Waals surface area contributed by atoms with Gasteiger partial charge in [-0.1, -0.05) is 19.1 Å². The van der Waals surface area contributed by atoms with Crippen molar-refractivity contribution in [1.29, 1.82) is 0 Å². The predicted octanol–water partition coefficient (Wildman–Crippen LogP) is 2.79. The second kappa shape index (κ2) is 7.29. The maximum atomic E-state index is 12.3. The smallest absolute Gasteiger partial charge is 0.227 e. The molecule has 1 fully saturated rings. The molecule has 0 unspecified atom stereocenters. The highest BCUT2D eigenvalue weighted by molar-refractivity contribution is 5.93. The van der Waals surface area contributed by atoms with E-state index in [9.17, 15) is 4.79 Å². The molecule has 0 spiro atoms. The normalized spacial score (nSPS) is 22.3. The number of nitrogens with one attached hydrogen (secondary N) is 1. The van der Waals surface area contributed by atoms with E-state index in [0.29, 0.717) is 18.9 Å². The van der Waals surface area contributed by atoms with Crippen LogP contribution in [0.1, 0.15) is 32.6 Å². The van der Waals surface area contributed by atoms with Crippen LogP contribution in [0.15, 0.2) is 24.3 Å². The Morgan fingerprint density at radius 2 is 2.00 bits per heavy atom. The van der Waals surface area contributed by atoms with Crippen molar-refractivity contribution in [2.24, 2.45) is 17.6 Å². The van der Waals surface area contributed by atoms with E-state index in [2.05, 4.69) is 12.2 Å². The molecule has 4 heteroatoms. The second-order valence-electron chi connectivity index (χ2n) is 5.58. The Hall–Kier alpha value is -1.55. The van der Waals surface area contributed by atoms with Crippen LogP contribution in [0.2, 0.25) is 0 Å². The van der Waals surface area contributed by atoms with Crippen molar-refractivity contribution in [2.45, 2.75) is 32.6 Å². The van der Waals surface area contributed by atoms with Gasteiger partial charge in [0.05, 0.1) is 5.69 Å². The van der Waals surface area contributed by atoms with Gasteiger partial charge in [0.2, 0.25) is 5.91 Å². The van der Waals surface area contributed by atoms with Crippen molar-refractivity contribution in [2.75, 3.05) is 18.5 Å². The zero-order valence-corrected chi connectivity index (χ0v) is 12.1. The zero-order valence-electron chi connectivity index (χ0n) is 12.1. The van der Waals surface area contributed by atoms with Crippen LogP contribution in [0.3, 0.4) is 0 Å². The zero-order chi connectivity index (χ0) is 14.4. The average molecular weight is 276 g/mol. The van der Waals surface area contributed by atoms with Crippen LogP contribution < -0.4 is 15.8 Å². The Morgan fingerprint density at radius 3 is 2.70 bits per heavy atom. The van der Waals surface area contributed by atoms with E-state index >= 15 is 0 Å². The molecule has 1 aliphatic rings. The molecule has 1 aromatic rings. The van der Waals surface area contributed by atoms with Gasteiger partial charge in [-0.15, -0.1) is 0 Å². The summed E-state index contributed by atoms with van der Waals surface area (Å²) in [6.07, 6.45) is 4.25. The number of hydrogen-bond donors (Lipinski definition) is 2. The first-order valence-electron chi connectivity index (χ1n) is 7.43. The lowest BCUT2D eigenvalue weighted by atomic mass is 9.82. The minimum absolute atomic E-state index is 0.112. The number of ether oxygens (including phenoxy) is 1. The van der Waals surface area contributed by atoms with Gasteiger partial charge >= 0.3 is 0 Å². The lowest BCUT2D eigenvalue weighted by Crippen LogP contribution is -2.26. The van der Waals surface area contributed by atoms with E-state index in [0.717, 1.165) is 37.3 Å². The Labute approximate surface area is 120 Å². The number of amides is 1. The summed E-state index contributed by atoms with van der Waals surface area (Å²) in [7, 11) is 0.